The number of nitrogens with zero attached hydrogens (tertiary/aromatic N) is 2. The van der Waals surface area contributed by atoms with Crippen molar-refractivity contribution in [2.24, 2.45) is 0 Å². The van der Waals surface area contributed by atoms with Crippen LogP contribution in [0.1, 0.15) is 38.0 Å². The topological polar surface area (TPSA) is 69.4 Å². The van der Waals surface area contributed by atoms with Crippen molar-refractivity contribution in [2.45, 2.75) is 44.2 Å². The van der Waals surface area contributed by atoms with E-state index >= 15 is 0 Å². The van der Waals surface area contributed by atoms with Gasteiger partial charge in [-0.15, -0.1) is 5.10 Å². The Bertz CT molecular complexity index is 386. The Kier molecular flexibility index (Phi) is 3.47. The predicted octanol–water partition coefficient (Wildman–Crippen LogP) is 1.55. The summed E-state index contributed by atoms with van der Waals surface area (Å²) in [5.41, 5.74) is 0. The molecule has 1 saturated carbocycles. The number of hydrogen-bond donors (Lipinski definition) is 1. The predicted molar refractivity (Wildman–Crippen MR) is 64.5 cm³/mol. The number of nitrogens with one attached hydrogen (secondary N) is 1. The maximum absolute atomic E-state index is 5.73. The van der Waals surface area contributed by atoms with Crippen LogP contribution < -0.4 is 5.32 Å². The summed E-state index contributed by atoms with van der Waals surface area (Å²) in [5, 5.41) is 11.2. The molecular formula is C12H19N3O3. The van der Waals surface area contributed by atoms with Crippen molar-refractivity contribution in [3.63, 3.8) is 0 Å². The van der Waals surface area contributed by atoms with Gasteiger partial charge in [0.05, 0.1) is 25.4 Å². The highest BCUT2D eigenvalue weighted by molar-refractivity contribution is 5.20. The highest BCUT2D eigenvalue weighted by Crippen LogP contribution is 2.39. The maximum Gasteiger partial charge on any atom is 0.315 e. The van der Waals surface area contributed by atoms with Gasteiger partial charge in [-0.2, -0.15) is 0 Å². The monoisotopic (exact) mass is 253 g/mol. The molecule has 6 heteroatoms. The fourth-order valence-corrected chi connectivity index (χ4v) is 1.97. The van der Waals surface area contributed by atoms with E-state index in [1.165, 1.54) is 12.8 Å². The van der Waals surface area contributed by atoms with Crippen LogP contribution in [0.3, 0.4) is 0 Å². The highest BCUT2D eigenvalue weighted by Gasteiger charge is 2.29. The second kappa shape index (κ2) is 5.24. The fraction of sp³-hybridized carbons (Fsp3) is 0.833. The first-order chi connectivity index (χ1) is 8.81. The van der Waals surface area contributed by atoms with Gasteiger partial charge in [0, 0.05) is 12.5 Å². The first kappa shape index (κ1) is 11.9. The van der Waals surface area contributed by atoms with Gasteiger partial charge in [-0.1, -0.05) is 5.10 Å². The van der Waals surface area contributed by atoms with E-state index in [0.29, 0.717) is 25.1 Å². The number of hydrogen-bond acceptors (Lipinski definition) is 6. The fourth-order valence-electron chi connectivity index (χ4n) is 1.97. The summed E-state index contributed by atoms with van der Waals surface area (Å²) in [7, 11) is 0. The van der Waals surface area contributed by atoms with Crippen LogP contribution in [0.25, 0.3) is 0 Å². The smallest absolute Gasteiger partial charge is 0.315 e. The second-order valence-electron chi connectivity index (χ2n) is 5.08. The molecule has 1 N–H and O–H groups in total. The molecule has 18 heavy (non-hydrogen) atoms. The first-order valence-corrected chi connectivity index (χ1v) is 6.60. The Morgan fingerprint density at radius 3 is 3.00 bits per heavy atom. The van der Waals surface area contributed by atoms with Crippen LogP contribution in [-0.2, 0) is 9.47 Å². The SMILES string of the molecule is CC(COC1CCOC1)Nc1nnc(C2CC2)o1. The van der Waals surface area contributed by atoms with Crippen molar-refractivity contribution in [2.75, 3.05) is 25.1 Å². The molecular weight excluding hydrogens is 234 g/mol. The zero-order valence-electron chi connectivity index (χ0n) is 10.6. The van der Waals surface area contributed by atoms with Gasteiger partial charge in [0.2, 0.25) is 5.89 Å². The molecule has 2 unspecified atom stereocenters. The van der Waals surface area contributed by atoms with Gasteiger partial charge in [0.15, 0.2) is 0 Å². The van der Waals surface area contributed by atoms with Crippen LogP contribution in [0, 0.1) is 0 Å². The van der Waals surface area contributed by atoms with Crippen LogP contribution in [0.5, 0.6) is 0 Å². The van der Waals surface area contributed by atoms with Crippen molar-refractivity contribution in [1.29, 1.82) is 0 Å². The minimum absolute atomic E-state index is 0.151. The minimum Gasteiger partial charge on any atom is -0.408 e. The number of anilines is 1. The normalized spacial score (nSPS) is 25.3. The van der Waals surface area contributed by atoms with Gasteiger partial charge in [0.25, 0.3) is 0 Å². The van der Waals surface area contributed by atoms with E-state index in [1.807, 2.05) is 6.92 Å². The molecule has 1 aromatic heterocycles. The van der Waals surface area contributed by atoms with Crippen LogP contribution in [0.15, 0.2) is 4.42 Å². The molecule has 2 fully saturated rings. The summed E-state index contributed by atoms with van der Waals surface area (Å²) in [6.45, 7) is 4.17. The quantitative estimate of drug-likeness (QED) is 0.829. The van der Waals surface area contributed by atoms with Crippen molar-refractivity contribution >= 4 is 6.01 Å². The van der Waals surface area contributed by atoms with E-state index in [0.717, 1.165) is 18.9 Å². The van der Waals surface area contributed by atoms with Crippen LogP contribution in [-0.4, -0.2) is 42.2 Å². The lowest BCUT2D eigenvalue weighted by molar-refractivity contribution is 0.0392. The van der Waals surface area contributed by atoms with E-state index < -0.39 is 0 Å². The third kappa shape index (κ3) is 3.00. The number of ether oxygens (including phenoxy) is 2. The van der Waals surface area contributed by atoms with Crippen LogP contribution in [0.2, 0.25) is 0 Å². The summed E-state index contributed by atoms with van der Waals surface area (Å²) >= 11 is 0. The van der Waals surface area contributed by atoms with Gasteiger partial charge in [-0.25, -0.2) is 0 Å². The van der Waals surface area contributed by atoms with Crippen LogP contribution in [0.4, 0.5) is 6.01 Å². The summed E-state index contributed by atoms with van der Waals surface area (Å²) in [5.74, 6) is 1.25. The Morgan fingerprint density at radius 2 is 2.28 bits per heavy atom. The van der Waals surface area contributed by atoms with Crippen molar-refractivity contribution in [3.05, 3.63) is 5.89 Å². The Morgan fingerprint density at radius 1 is 1.39 bits per heavy atom. The molecule has 1 aromatic rings. The van der Waals surface area contributed by atoms with Crippen molar-refractivity contribution in [3.8, 4) is 0 Å². The van der Waals surface area contributed by atoms with Gasteiger partial charge >= 0.3 is 6.01 Å². The van der Waals surface area contributed by atoms with E-state index in [9.17, 15) is 0 Å². The largest absolute Gasteiger partial charge is 0.408 e. The molecule has 1 aliphatic carbocycles. The number of rotatable bonds is 6. The Balaban J connectivity index is 1.42. The number of aromatic nitrogens is 2. The molecule has 3 rings (SSSR count). The lowest BCUT2D eigenvalue weighted by Crippen LogP contribution is -2.26. The maximum atomic E-state index is 5.73. The summed E-state index contributed by atoms with van der Waals surface area (Å²) < 4.78 is 16.5. The lowest BCUT2D eigenvalue weighted by Gasteiger charge is -2.15. The molecule has 6 nitrogen and oxygen atoms in total. The molecule has 0 aromatic carbocycles. The Hall–Kier alpha value is -1.14. The second-order valence-corrected chi connectivity index (χ2v) is 5.08. The van der Waals surface area contributed by atoms with Crippen LogP contribution >= 0.6 is 0 Å². The van der Waals surface area contributed by atoms with E-state index in [-0.39, 0.29) is 12.1 Å². The molecule has 2 aliphatic rings. The minimum atomic E-state index is 0.151. The molecule has 0 bridgehead atoms. The average Bonchev–Trinajstić information content (AvgIpc) is 2.90. The van der Waals surface area contributed by atoms with Gasteiger partial charge in [-0.05, 0) is 26.2 Å². The average molecular weight is 253 g/mol. The molecule has 1 saturated heterocycles. The molecule has 0 spiro atoms. The lowest BCUT2D eigenvalue weighted by atomic mass is 10.3. The molecule has 0 amide bonds. The van der Waals surface area contributed by atoms with Crippen molar-refractivity contribution in [1.82, 2.24) is 10.2 Å². The van der Waals surface area contributed by atoms with Gasteiger partial charge < -0.3 is 19.2 Å². The first-order valence-electron chi connectivity index (χ1n) is 6.60. The zero-order valence-corrected chi connectivity index (χ0v) is 10.6. The standard InChI is InChI=1S/C12H19N3O3/c1-8(6-17-10-4-5-16-7-10)13-12-15-14-11(18-12)9-2-3-9/h8-10H,2-7H2,1H3,(H,13,15). The highest BCUT2D eigenvalue weighted by atomic mass is 16.5. The third-order valence-electron chi connectivity index (χ3n) is 3.21. The summed E-state index contributed by atoms with van der Waals surface area (Å²) in [6, 6.07) is 0.647. The third-order valence-corrected chi connectivity index (χ3v) is 3.21. The Labute approximate surface area is 106 Å². The zero-order chi connectivity index (χ0) is 12.4. The van der Waals surface area contributed by atoms with E-state index in [4.69, 9.17) is 13.9 Å². The summed E-state index contributed by atoms with van der Waals surface area (Å²) in [4.78, 5) is 0. The van der Waals surface area contributed by atoms with E-state index in [2.05, 4.69) is 15.5 Å². The van der Waals surface area contributed by atoms with Gasteiger partial charge in [-0.3, -0.25) is 0 Å². The molecule has 2 atom stereocenters. The molecule has 1 aliphatic heterocycles. The molecule has 2 heterocycles. The molecule has 0 radical (unpaired) electrons. The summed E-state index contributed by atoms with van der Waals surface area (Å²) in [6.07, 6.45) is 3.56. The molecule has 100 valence electrons. The van der Waals surface area contributed by atoms with E-state index in [1.54, 1.807) is 0 Å². The van der Waals surface area contributed by atoms with Crippen molar-refractivity contribution < 1.29 is 13.9 Å². The van der Waals surface area contributed by atoms with Gasteiger partial charge in [0.1, 0.15) is 0 Å².